The van der Waals surface area contributed by atoms with Crippen molar-refractivity contribution in [1.29, 1.82) is 0 Å². The van der Waals surface area contributed by atoms with Crippen molar-refractivity contribution < 1.29 is 19.2 Å². The van der Waals surface area contributed by atoms with Crippen LogP contribution >= 0.6 is 47.0 Å². The number of fused-ring (bicyclic) bond motifs is 16. The summed E-state index contributed by atoms with van der Waals surface area (Å²) in [6.45, 7) is 0. The predicted molar refractivity (Wildman–Crippen MR) is 268 cm³/mol. The van der Waals surface area contributed by atoms with Crippen LogP contribution in [0.2, 0.25) is 0 Å². The Morgan fingerprint density at radius 2 is 0.579 bits per heavy atom. The summed E-state index contributed by atoms with van der Waals surface area (Å²) in [7, 11) is 0. The van der Waals surface area contributed by atoms with Gasteiger partial charge < -0.3 is 0 Å². The second kappa shape index (κ2) is 18.2. The summed E-state index contributed by atoms with van der Waals surface area (Å²) in [5.41, 5.74) is 9.05. The van der Waals surface area contributed by atoms with E-state index in [9.17, 15) is 19.2 Å². The zero-order valence-electron chi connectivity index (χ0n) is 38.9. The van der Waals surface area contributed by atoms with Crippen LogP contribution in [0, 0.1) is 0 Å². The number of tetrazole rings is 4. The minimum absolute atomic E-state index is 0.126. The Bertz CT molecular complexity index is 4220. The Morgan fingerprint density at radius 3 is 0.987 bits per heavy atom. The van der Waals surface area contributed by atoms with E-state index in [0.717, 1.165) is 51.1 Å². The highest BCUT2D eigenvalue weighted by molar-refractivity contribution is 7.99. The van der Waals surface area contributed by atoms with Gasteiger partial charge in [0.25, 0.3) is 23.1 Å². The molecule has 4 aliphatic carbocycles. The van der Waals surface area contributed by atoms with Gasteiger partial charge in [0.2, 0.25) is 23.1 Å². The third-order valence-electron chi connectivity index (χ3n) is 12.0. The van der Waals surface area contributed by atoms with E-state index in [-0.39, 0.29) is 46.2 Å². The minimum Gasteiger partial charge on any atom is -0.287 e. The molecule has 8 aromatic heterocycles. The molecule has 0 aliphatic heterocycles. The van der Waals surface area contributed by atoms with E-state index in [1.54, 1.807) is 59.2 Å². The average molecular weight is 1080 g/mol. The molecule has 368 valence electrons. The Hall–Kier alpha value is -9.40. The summed E-state index contributed by atoms with van der Waals surface area (Å²) >= 11 is 6.39. The Balaban J connectivity index is 0.0000000970. The second-order valence-corrected chi connectivity index (χ2v) is 19.6. The number of hydrogen-bond donors (Lipinski definition) is 0. The number of hydrogen-bond acceptors (Lipinski definition) is 28. The lowest BCUT2D eigenvalue weighted by Gasteiger charge is -2.00. The summed E-state index contributed by atoms with van der Waals surface area (Å²) in [5, 5.41) is 60.3. The molecule has 0 unspecified atom stereocenters. The Morgan fingerprint density at radius 1 is 0.303 bits per heavy atom. The van der Waals surface area contributed by atoms with Crippen LogP contribution in [-0.4, -0.2) is 169 Å². The fourth-order valence-corrected chi connectivity index (χ4v) is 10.2. The minimum atomic E-state index is -0.137. The fourth-order valence-electron chi connectivity index (χ4n) is 8.47. The molecule has 0 atom stereocenters. The first kappa shape index (κ1) is 46.4. The molecule has 0 spiro atoms. The molecule has 0 saturated heterocycles. The Kier molecular flexibility index (Phi) is 11.1. The number of thioether (sulfide) groups is 4. The SMILES string of the molecule is CSc1ccc2c(c1)-c1nc3nnnn3nc1C2=O.CSc1ccc2c(c1)-c1nn3nnnc3nc1C2=O.CSc1ccc2c(c1)C(=O)c1nc3nnnn3nc1-2.CSc1ccc2c(c1)C(=O)c1nn3nnnc3nc1-2. The lowest BCUT2D eigenvalue weighted by Crippen LogP contribution is -2.06. The molecule has 76 heavy (non-hydrogen) atoms. The first-order valence-corrected chi connectivity index (χ1v) is 26.8. The first-order chi connectivity index (χ1) is 37.1. The van der Waals surface area contributed by atoms with Gasteiger partial charge in [-0.2, -0.15) is 0 Å². The van der Waals surface area contributed by atoms with Gasteiger partial charge in [0, 0.05) is 64.1 Å². The standard InChI is InChI=1S/4C11H6N6OS/c1-19-5-2-3-6-7(4-5)8-9(10(6)18)12-11-13-15-16-17(11)14-8;1-19-5-2-3-6-7(4-5)8-9(10(6)18)14-17-11(12-8)13-15-16-17;1-19-5-2-3-6-7(4-5)10(18)9-8(6)14-17-11(12-9)13-15-16-17;1-19-5-2-3-6-7(4-5)10(18)9-8(6)12-11-13-15-16-17(11)14-9/h4*2-4H,1H3. The van der Waals surface area contributed by atoms with E-state index in [0.29, 0.717) is 67.8 Å². The van der Waals surface area contributed by atoms with E-state index >= 15 is 0 Å². The van der Waals surface area contributed by atoms with E-state index in [4.69, 9.17) is 0 Å². The number of benzene rings is 4. The lowest BCUT2D eigenvalue weighted by molar-refractivity contribution is 0.102. The molecular weight excluding hydrogens is 1060 g/mol. The quantitative estimate of drug-likeness (QED) is 0.228. The smallest absolute Gasteiger partial charge is 0.287 e. The zero-order valence-corrected chi connectivity index (χ0v) is 42.2. The van der Waals surface area contributed by atoms with E-state index in [1.807, 2.05) is 85.7 Å². The molecule has 0 radical (unpaired) electrons. The number of rotatable bonds is 4. The van der Waals surface area contributed by atoms with Gasteiger partial charge in [-0.1, -0.05) is 51.0 Å². The predicted octanol–water partition coefficient (Wildman–Crippen LogP) is 3.39. The summed E-state index contributed by atoms with van der Waals surface area (Å²) < 4.78 is 4.78. The van der Waals surface area contributed by atoms with Crippen LogP contribution in [0.15, 0.2) is 92.4 Å². The first-order valence-electron chi connectivity index (χ1n) is 21.9. The summed E-state index contributed by atoms with van der Waals surface area (Å²) in [6, 6.07) is 22.7. The molecule has 32 heteroatoms. The van der Waals surface area contributed by atoms with E-state index in [2.05, 4.69) is 102 Å². The molecule has 12 aromatic rings. The van der Waals surface area contributed by atoms with Crippen molar-refractivity contribution in [2.24, 2.45) is 0 Å². The molecule has 16 rings (SSSR count). The molecule has 0 fully saturated rings. The number of ketones is 4. The lowest BCUT2D eigenvalue weighted by atomic mass is 10.1. The monoisotopic (exact) mass is 1080 g/mol. The molecule has 0 saturated carbocycles. The average Bonchev–Trinajstić information content (AvgIpc) is 4.37. The second-order valence-electron chi connectivity index (χ2n) is 16.1. The maximum atomic E-state index is 12.3. The zero-order chi connectivity index (χ0) is 51.9. The molecule has 0 N–H and O–H groups in total. The molecular formula is C44H24N24O4S4. The van der Waals surface area contributed by atoms with Crippen LogP contribution < -0.4 is 0 Å². The summed E-state index contributed by atoms with van der Waals surface area (Å²) in [4.78, 5) is 70.4. The van der Waals surface area contributed by atoms with E-state index in [1.165, 1.54) is 9.26 Å². The van der Waals surface area contributed by atoms with Crippen molar-refractivity contribution in [3.8, 4) is 45.0 Å². The van der Waals surface area contributed by atoms with Crippen molar-refractivity contribution in [1.82, 2.24) is 121 Å². The van der Waals surface area contributed by atoms with Crippen LogP contribution in [0.3, 0.4) is 0 Å². The van der Waals surface area contributed by atoms with Gasteiger partial charge in [0.1, 0.15) is 34.2 Å². The molecule has 4 aromatic carbocycles. The molecule has 4 aliphatic rings. The maximum absolute atomic E-state index is 12.3. The van der Waals surface area contributed by atoms with Gasteiger partial charge in [-0.05, 0) is 127 Å². The van der Waals surface area contributed by atoms with Gasteiger partial charge in [-0.15, -0.1) is 67.4 Å². The topological polar surface area (TPSA) is 344 Å². The number of carbonyl (C=O) groups is 4. The van der Waals surface area contributed by atoms with Gasteiger partial charge in [-0.25, -0.2) is 19.9 Å². The van der Waals surface area contributed by atoms with Crippen LogP contribution in [0.25, 0.3) is 68.1 Å². The number of nitrogens with zero attached hydrogens (tertiary/aromatic N) is 24. The summed E-state index contributed by atoms with van der Waals surface area (Å²) in [6.07, 6.45) is 7.90. The number of carbonyl (C=O) groups excluding carboxylic acids is 4. The van der Waals surface area contributed by atoms with Gasteiger partial charge >= 0.3 is 0 Å². The van der Waals surface area contributed by atoms with Gasteiger partial charge in [0.05, 0.1) is 0 Å². The molecule has 8 heterocycles. The highest BCUT2D eigenvalue weighted by Crippen LogP contribution is 2.39. The number of aromatic nitrogens is 24. The van der Waals surface area contributed by atoms with Crippen molar-refractivity contribution in [3.63, 3.8) is 0 Å². The fraction of sp³-hybridized carbons (Fsp3) is 0.0909. The van der Waals surface area contributed by atoms with Crippen molar-refractivity contribution in [2.75, 3.05) is 25.0 Å². The van der Waals surface area contributed by atoms with Crippen molar-refractivity contribution in [3.05, 3.63) is 118 Å². The normalized spacial score (nSPS) is 12.8. The highest BCUT2D eigenvalue weighted by Gasteiger charge is 2.35. The third kappa shape index (κ3) is 7.50. The molecule has 0 amide bonds. The Labute approximate surface area is 438 Å². The van der Waals surface area contributed by atoms with Crippen LogP contribution in [0.4, 0.5) is 0 Å². The van der Waals surface area contributed by atoms with Crippen LogP contribution in [0.5, 0.6) is 0 Å². The highest BCUT2D eigenvalue weighted by atomic mass is 32.2. The maximum Gasteiger partial charge on any atom is 0.292 e. The largest absolute Gasteiger partial charge is 0.292 e. The van der Waals surface area contributed by atoms with Crippen molar-refractivity contribution in [2.45, 2.75) is 19.6 Å². The van der Waals surface area contributed by atoms with E-state index < -0.39 is 0 Å². The van der Waals surface area contributed by atoms with Crippen LogP contribution in [-0.2, 0) is 0 Å². The van der Waals surface area contributed by atoms with Gasteiger partial charge in [0.15, 0.2) is 11.4 Å². The summed E-state index contributed by atoms with van der Waals surface area (Å²) in [5.74, 6) is 0.500. The van der Waals surface area contributed by atoms with Gasteiger partial charge in [-0.3, -0.25) is 19.2 Å². The van der Waals surface area contributed by atoms with Crippen LogP contribution in [0.1, 0.15) is 64.2 Å². The molecule has 0 bridgehead atoms. The third-order valence-corrected chi connectivity index (χ3v) is 14.9. The molecule has 28 nitrogen and oxygen atoms in total. The van der Waals surface area contributed by atoms with Crippen molar-refractivity contribution >= 4 is 93.3 Å².